The van der Waals surface area contributed by atoms with Gasteiger partial charge in [-0.15, -0.1) is 11.3 Å². The largest absolute Gasteiger partial charge is 0.392 e. The standard InChI is InChI=1S/C14H16BrNO3S2/c1-2-11-4-3-10(8-17)5-14(11)21(18,19)16-7-13-6-12(15)9-20-13/h3-6,9,16-17H,2,7-8H2,1H3. The van der Waals surface area contributed by atoms with Crippen LogP contribution in [0, 0.1) is 0 Å². The number of sulfonamides is 1. The average Bonchev–Trinajstić information content (AvgIpc) is 2.90. The lowest BCUT2D eigenvalue weighted by Gasteiger charge is -2.11. The number of benzene rings is 1. The van der Waals surface area contributed by atoms with Crippen molar-refractivity contribution in [1.82, 2.24) is 4.72 Å². The van der Waals surface area contributed by atoms with Crippen molar-refractivity contribution in [3.05, 3.63) is 50.1 Å². The van der Waals surface area contributed by atoms with Crippen LogP contribution in [0.3, 0.4) is 0 Å². The van der Waals surface area contributed by atoms with E-state index < -0.39 is 10.0 Å². The zero-order valence-electron chi connectivity index (χ0n) is 11.5. The molecule has 0 aliphatic heterocycles. The normalized spacial score (nSPS) is 11.8. The first-order valence-electron chi connectivity index (χ1n) is 6.41. The molecule has 21 heavy (non-hydrogen) atoms. The highest BCUT2D eigenvalue weighted by molar-refractivity contribution is 9.10. The Morgan fingerprint density at radius 2 is 2.10 bits per heavy atom. The number of aryl methyl sites for hydroxylation is 1. The summed E-state index contributed by atoms with van der Waals surface area (Å²) in [4.78, 5) is 1.17. The van der Waals surface area contributed by atoms with Gasteiger partial charge in [0, 0.05) is 21.3 Å². The highest BCUT2D eigenvalue weighted by atomic mass is 79.9. The number of halogens is 1. The molecule has 114 valence electrons. The molecule has 0 spiro atoms. The van der Waals surface area contributed by atoms with Crippen LogP contribution in [0.5, 0.6) is 0 Å². The molecular weight excluding hydrogens is 374 g/mol. The first-order chi connectivity index (χ1) is 9.96. The van der Waals surface area contributed by atoms with E-state index in [1.54, 1.807) is 12.1 Å². The number of rotatable bonds is 6. The Hall–Kier alpha value is -0.730. The van der Waals surface area contributed by atoms with Crippen LogP contribution in [0.4, 0.5) is 0 Å². The fourth-order valence-corrected chi connectivity index (χ4v) is 4.78. The Kier molecular flexibility index (Phi) is 5.56. The van der Waals surface area contributed by atoms with Crippen LogP contribution < -0.4 is 4.72 Å². The maximum atomic E-state index is 12.5. The van der Waals surface area contributed by atoms with E-state index in [-0.39, 0.29) is 18.0 Å². The highest BCUT2D eigenvalue weighted by Crippen LogP contribution is 2.22. The monoisotopic (exact) mass is 389 g/mol. The van der Waals surface area contributed by atoms with Crippen LogP contribution in [-0.2, 0) is 29.6 Å². The minimum Gasteiger partial charge on any atom is -0.392 e. The van der Waals surface area contributed by atoms with Crippen LogP contribution in [-0.4, -0.2) is 13.5 Å². The van der Waals surface area contributed by atoms with E-state index >= 15 is 0 Å². The van der Waals surface area contributed by atoms with Gasteiger partial charge in [0.2, 0.25) is 10.0 Å². The molecule has 0 aliphatic rings. The van der Waals surface area contributed by atoms with Gasteiger partial charge in [-0.05, 0) is 45.6 Å². The lowest BCUT2D eigenvalue weighted by molar-refractivity contribution is 0.281. The molecule has 0 bridgehead atoms. The van der Waals surface area contributed by atoms with Gasteiger partial charge in [-0.2, -0.15) is 0 Å². The third-order valence-electron chi connectivity index (χ3n) is 3.04. The first kappa shape index (κ1) is 16.6. The molecule has 0 saturated carbocycles. The second-order valence-corrected chi connectivity index (χ2v) is 8.16. The molecule has 1 aromatic carbocycles. The SMILES string of the molecule is CCc1ccc(CO)cc1S(=O)(=O)NCc1cc(Br)cs1. The summed E-state index contributed by atoms with van der Waals surface area (Å²) in [5.41, 5.74) is 1.33. The summed E-state index contributed by atoms with van der Waals surface area (Å²) in [6.45, 7) is 1.98. The molecular formula is C14H16BrNO3S2. The Morgan fingerprint density at radius 3 is 2.67 bits per heavy atom. The molecule has 0 radical (unpaired) electrons. The first-order valence-corrected chi connectivity index (χ1v) is 9.57. The predicted octanol–water partition coefficient (Wildman–Crippen LogP) is 3.04. The van der Waals surface area contributed by atoms with E-state index in [9.17, 15) is 13.5 Å². The summed E-state index contributed by atoms with van der Waals surface area (Å²) >= 11 is 4.83. The second-order valence-electron chi connectivity index (χ2n) is 4.51. The van der Waals surface area contributed by atoms with E-state index in [2.05, 4.69) is 20.7 Å². The fraction of sp³-hybridized carbons (Fsp3) is 0.286. The van der Waals surface area contributed by atoms with Crippen molar-refractivity contribution < 1.29 is 13.5 Å². The van der Waals surface area contributed by atoms with Gasteiger partial charge in [-0.1, -0.05) is 19.1 Å². The van der Waals surface area contributed by atoms with Crippen molar-refractivity contribution in [2.24, 2.45) is 0 Å². The van der Waals surface area contributed by atoms with E-state index in [1.165, 1.54) is 17.4 Å². The minimum atomic E-state index is -3.59. The molecule has 0 saturated heterocycles. The van der Waals surface area contributed by atoms with Gasteiger partial charge in [0.1, 0.15) is 0 Å². The summed E-state index contributed by atoms with van der Waals surface area (Å²) in [7, 11) is -3.59. The molecule has 0 fully saturated rings. The molecule has 1 aromatic heterocycles. The topological polar surface area (TPSA) is 66.4 Å². The molecule has 7 heteroatoms. The molecule has 1 heterocycles. The van der Waals surface area contributed by atoms with Crippen molar-refractivity contribution in [2.45, 2.75) is 31.4 Å². The van der Waals surface area contributed by atoms with Gasteiger partial charge in [0.05, 0.1) is 11.5 Å². The quantitative estimate of drug-likeness (QED) is 0.797. The van der Waals surface area contributed by atoms with Gasteiger partial charge < -0.3 is 5.11 Å². The molecule has 0 amide bonds. The summed E-state index contributed by atoms with van der Waals surface area (Å²) in [5.74, 6) is 0. The maximum absolute atomic E-state index is 12.5. The molecule has 0 unspecified atom stereocenters. The van der Waals surface area contributed by atoms with E-state index in [0.717, 1.165) is 14.9 Å². The van der Waals surface area contributed by atoms with E-state index in [1.807, 2.05) is 18.4 Å². The van der Waals surface area contributed by atoms with Crippen molar-refractivity contribution in [3.63, 3.8) is 0 Å². The Morgan fingerprint density at radius 1 is 1.33 bits per heavy atom. The molecule has 0 aliphatic carbocycles. The number of nitrogens with one attached hydrogen (secondary N) is 1. The van der Waals surface area contributed by atoms with E-state index in [0.29, 0.717) is 12.0 Å². The van der Waals surface area contributed by atoms with Crippen molar-refractivity contribution in [3.8, 4) is 0 Å². The van der Waals surface area contributed by atoms with Crippen LogP contribution in [0.25, 0.3) is 0 Å². The lowest BCUT2D eigenvalue weighted by atomic mass is 10.1. The van der Waals surface area contributed by atoms with Gasteiger partial charge in [0.15, 0.2) is 0 Å². The molecule has 2 aromatic rings. The van der Waals surface area contributed by atoms with Crippen LogP contribution in [0.2, 0.25) is 0 Å². The zero-order chi connectivity index (χ0) is 15.5. The smallest absolute Gasteiger partial charge is 0.241 e. The summed E-state index contributed by atoms with van der Waals surface area (Å²) in [6, 6.07) is 6.92. The van der Waals surface area contributed by atoms with Crippen molar-refractivity contribution >= 4 is 37.3 Å². The summed E-state index contributed by atoms with van der Waals surface area (Å²) in [5, 5.41) is 11.1. The second kappa shape index (κ2) is 7.02. The number of hydrogen-bond acceptors (Lipinski definition) is 4. The van der Waals surface area contributed by atoms with Crippen LogP contribution in [0.1, 0.15) is 22.9 Å². The van der Waals surface area contributed by atoms with Crippen molar-refractivity contribution in [1.29, 1.82) is 0 Å². The van der Waals surface area contributed by atoms with Gasteiger partial charge in [-0.3, -0.25) is 0 Å². The molecule has 0 atom stereocenters. The van der Waals surface area contributed by atoms with Gasteiger partial charge in [0.25, 0.3) is 0 Å². The number of hydrogen-bond donors (Lipinski definition) is 2. The van der Waals surface area contributed by atoms with Crippen LogP contribution >= 0.6 is 27.3 Å². The van der Waals surface area contributed by atoms with E-state index in [4.69, 9.17) is 0 Å². The Bertz CT molecular complexity index is 726. The minimum absolute atomic E-state index is 0.176. The summed E-state index contributed by atoms with van der Waals surface area (Å²) < 4.78 is 28.5. The Labute approximate surface area is 137 Å². The lowest BCUT2D eigenvalue weighted by Crippen LogP contribution is -2.24. The number of aliphatic hydroxyl groups is 1. The maximum Gasteiger partial charge on any atom is 0.241 e. The molecule has 2 N–H and O–H groups in total. The molecule has 2 rings (SSSR count). The highest BCUT2D eigenvalue weighted by Gasteiger charge is 2.18. The fourth-order valence-electron chi connectivity index (χ4n) is 1.93. The van der Waals surface area contributed by atoms with Crippen molar-refractivity contribution in [2.75, 3.05) is 0 Å². The van der Waals surface area contributed by atoms with Gasteiger partial charge >= 0.3 is 0 Å². The van der Waals surface area contributed by atoms with Gasteiger partial charge in [-0.25, -0.2) is 13.1 Å². The van der Waals surface area contributed by atoms with Crippen LogP contribution in [0.15, 0.2) is 39.0 Å². The predicted molar refractivity (Wildman–Crippen MR) is 87.8 cm³/mol. The third kappa shape index (κ3) is 4.14. The summed E-state index contributed by atoms with van der Waals surface area (Å²) in [6.07, 6.45) is 0.618. The third-order valence-corrected chi connectivity index (χ3v) is 6.22. The number of thiophene rings is 1. The zero-order valence-corrected chi connectivity index (χ0v) is 14.7. The average molecular weight is 390 g/mol. The molecule has 4 nitrogen and oxygen atoms in total. The number of aliphatic hydroxyl groups excluding tert-OH is 1. The Balaban J connectivity index is 2.26.